The minimum atomic E-state index is -0.240. The van der Waals surface area contributed by atoms with Crippen LogP contribution in [0.3, 0.4) is 0 Å². The van der Waals surface area contributed by atoms with Crippen LogP contribution in [0.2, 0.25) is 0 Å². The molecule has 0 aliphatic carbocycles. The SMILES string of the molecule is COCCCNC(=O)c1cc(C(C)(C)C)c(O)c(C(C)(C)C)c1. The number of hydrogen-bond donors (Lipinski definition) is 2. The quantitative estimate of drug-likeness (QED) is 0.812. The average molecular weight is 321 g/mol. The van der Waals surface area contributed by atoms with Gasteiger partial charge in [0.15, 0.2) is 0 Å². The highest BCUT2D eigenvalue weighted by Gasteiger charge is 2.27. The fraction of sp³-hybridized carbons (Fsp3) is 0.632. The Bertz CT molecular complexity index is 516. The second kappa shape index (κ2) is 7.35. The zero-order valence-electron chi connectivity index (χ0n) is 15.5. The first-order valence-corrected chi connectivity index (χ1v) is 8.13. The van der Waals surface area contributed by atoms with Gasteiger partial charge in [0.2, 0.25) is 0 Å². The lowest BCUT2D eigenvalue weighted by atomic mass is 9.78. The number of ether oxygens (including phenoxy) is 1. The Labute approximate surface area is 140 Å². The fourth-order valence-corrected chi connectivity index (χ4v) is 2.43. The smallest absolute Gasteiger partial charge is 0.251 e. The summed E-state index contributed by atoms with van der Waals surface area (Å²) in [7, 11) is 1.65. The summed E-state index contributed by atoms with van der Waals surface area (Å²) in [5, 5.41) is 13.6. The zero-order valence-corrected chi connectivity index (χ0v) is 15.5. The van der Waals surface area contributed by atoms with Crippen LogP contribution in [0.25, 0.3) is 0 Å². The van der Waals surface area contributed by atoms with Crippen molar-refractivity contribution in [2.45, 2.75) is 58.8 Å². The lowest BCUT2D eigenvalue weighted by Gasteiger charge is -2.28. The van der Waals surface area contributed by atoms with Gasteiger partial charge in [-0.1, -0.05) is 41.5 Å². The number of amides is 1. The van der Waals surface area contributed by atoms with Crippen molar-refractivity contribution in [1.82, 2.24) is 5.32 Å². The molecule has 0 bridgehead atoms. The van der Waals surface area contributed by atoms with E-state index in [0.29, 0.717) is 24.5 Å². The average Bonchev–Trinajstić information content (AvgIpc) is 2.41. The van der Waals surface area contributed by atoms with E-state index in [1.165, 1.54) is 0 Å². The van der Waals surface area contributed by atoms with Crippen molar-refractivity contribution in [2.75, 3.05) is 20.3 Å². The van der Waals surface area contributed by atoms with Crippen molar-refractivity contribution in [1.29, 1.82) is 0 Å². The van der Waals surface area contributed by atoms with Gasteiger partial charge in [-0.3, -0.25) is 4.79 Å². The Morgan fingerprint density at radius 3 is 1.96 bits per heavy atom. The highest BCUT2D eigenvalue weighted by atomic mass is 16.5. The van der Waals surface area contributed by atoms with Gasteiger partial charge in [-0.25, -0.2) is 0 Å². The van der Waals surface area contributed by atoms with Gasteiger partial charge in [-0.2, -0.15) is 0 Å². The van der Waals surface area contributed by atoms with E-state index >= 15 is 0 Å². The summed E-state index contributed by atoms with van der Waals surface area (Å²) in [5.41, 5.74) is 1.71. The molecule has 0 aromatic heterocycles. The summed E-state index contributed by atoms with van der Waals surface area (Å²) in [6.45, 7) is 13.4. The molecule has 23 heavy (non-hydrogen) atoms. The zero-order chi connectivity index (χ0) is 17.8. The number of rotatable bonds is 5. The normalized spacial score (nSPS) is 12.3. The summed E-state index contributed by atoms with van der Waals surface area (Å²) in [5.74, 6) is 0.179. The molecule has 0 aliphatic heterocycles. The molecule has 1 amide bonds. The monoisotopic (exact) mass is 321 g/mol. The van der Waals surface area contributed by atoms with Crippen LogP contribution < -0.4 is 5.32 Å². The topological polar surface area (TPSA) is 58.6 Å². The van der Waals surface area contributed by atoms with Gasteiger partial charge in [0.05, 0.1) is 0 Å². The number of hydrogen-bond acceptors (Lipinski definition) is 3. The molecular formula is C19H31NO3. The van der Waals surface area contributed by atoms with Crippen molar-refractivity contribution in [2.24, 2.45) is 0 Å². The van der Waals surface area contributed by atoms with E-state index in [0.717, 1.165) is 17.5 Å². The molecule has 130 valence electrons. The number of carbonyl (C=O) groups excluding carboxylic acids is 1. The van der Waals surface area contributed by atoms with E-state index in [-0.39, 0.29) is 16.7 Å². The molecule has 0 radical (unpaired) electrons. The molecule has 0 saturated heterocycles. The minimum absolute atomic E-state index is 0.114. The van der Waals surface area contributed by atoms with Crippen LogP contribution in [0, 0.1) is 0 Å². The first-order chi connectivity index (χ1) is 10.5. The lowest BCUT2D eigenvalue weighted by Crippen LogP contribution is -2.27. The van der Waals surface area contributed by atoms with Crippen molar-refractivity contribution in [3.05, 3.63) is 28.8 Å². The van der Waals surface area contributed by atoms with Gasteiger partial charge in [0.1, 0.15) is 5.75 Å². The second-order valence-electron chi connectivity index (χ2n) is 8.02. The Balaban J connectivity index is 3.20. The minimum Gasteiger partial charge on any atom is -0.507 e. The van der Waals surface area contributed by atoms with E-state index in [1.54, 1.807) is 19.2 Å². The first kappa shape index (κ1) is 19.5. The third-order valence-electron chi connectivity index (χ3n) is 3.80. The van der Waals surface area contributed by atoms with Gasteiger partial charge < -0.3 is 15.2 Å². The molecule has 0 atom stereocenters. The molecule has 1 aromatic carbocycles. The molecule has 0 heterocycles. The Morgan fingerprint density at radius 1 is 1.09 bits per heavy atom. The third-order valence-corrected chi connectivity index (χ3v) is 3.80. The predicted molar refractivity (Wildman–Crippen MR) is 94.3 cm³/mol. The summed E-state index contributed by atoms with van der Waals surface area (Å²) in [4.78, 5) is 12.4. The van der Waals surface area contributed by atoms with Crippen LogP contribution in [0.4, 0.5) is 0 Å². The van der Waals surface area contributed by atoms with E-state index < -0.39 is 0 Å². The highest BCUT2D eigenvalue weighted by molar-refractivity contribution is 5.95. The van der Waals surface area contributed by atoms with Crippen LogP contribution in [0.5, 0.6) is 5.75 Å². The maximum Gasteiger partial charge on any atom is 0.251 e. The lowest BCUT2D eigenvalue weighted by molar-refractivity contribution is 0.0948. The highest BCUT2D eigenvalue weighted by Crippen LogP contribution is 2.39. The van der Waals surface area contributed by atoms with E-state index in [4.69, 9.17) is 4.74 Å². The van der Waals surface area contributed by atoms with E-state index in [1.807, 2.05) is 41.5 Å². The van der Waals surface area contributed by atoms with E-state index in [2.05, 4.69) is 5.32 Å². The van der Waals surface area contributed by atoms with Crippen LogP contribution in [0.1, 0.15) is 69.4 Å². The number of nitrogens with one attached hydrogen (secondary N) is 1. The predicted octanol–water partition coefficient (Wildman–Crippen LogP) is 3.75. The summed E-state index contributed by atoms with van der Waals surface area (Å²) >= 11 is 0. The molecule has 0 unspecified atom stereocenters. The van der Waals surface area contributed by atoms with Crippen LogP contribution in [-0.4, -0.2) is 31.3 Å². The molecular weight excluding hydrogens is 290 g/mol. The molecule has 0 saturated carbocycles. The van der Waals surface area contributed by atoms with Crippen LogP contribution in [-0.2, 0) is 15.6 Å². The molecule has 0 fully saturated rings. The van der Waals surface area contributed by atoms with Crippen LogP contribution >= 0.6 is 0 Å². The molecule has 1 aromatic rings. The summed E-state index contributed by atoms with van der Waals surface area (Å²) < 4.78 is 4.99. The second-order valence-corrected chi connectivity index (χ2v) is 8.02. The number of carbonyl (C=O) groups is 1. The Kier molecular flexibility index (Phi) is 6.23. The Morgan fingerprint density at radius 2 is 1.57 bits per heavy atom. The molecule has 1 rings (SSSR count). The van der Waals surface area contributed by atoms with Crippen molar-refractivity contribution in [3.63, 3.8) is 0 Å². The molecule has 0 spiro atoms. The molecule has 4 heteroatoms. The first-order valence-electron chi connectivity index (χ1n) is 8.13. The summed E-state index contributed by atoms with van der Waals surface area (Å²) in [6.07, 6.45) is 0.776. The van der Waals surface area contributed by atoms with Gasteiger partial charge in [-0.05, 0) is 29.4 Å². The van der Waals surface area contributed by atoms with Gasteiger partial charge in [0.25, 0.3) is 5.91 Å². The van der Waals surface area contributed by atoms with Crippen LogP contribution in [0.15, 0.2) is 12.1 Å². The fourth-order valence-electron chi connectivity index (χ4n) is 2.43. The van der Waals surface area contributed by atoms with Crippen molar-refractivity contribution >= 4 is 5.91 Å². The maximum atomic E-state index is 12.4. The molecule has 4 nitrogen and oxygen atoms in total. The third kappa shape index (κ3) is 5.24. The van der Waals surface area contributed by atoms with E-state index in [9.17, 15) is 9.90 Å². The Hall–Kier alpha value is -1.55. The summed E-state index contributed by atoms with van der Waals surface area (Å²) in [6, 6.07) is 3.60. The van der Waals surface area contributed by atoms with Gasteiger partial charge in [0, 0.05) is 37.0 Å². The number of methoxy groups -OCH3 is 1. The number of phenols is 1. The van der Waals surface area contributed by atoms with Gasteiger partial charge >= 0.3 is 0 Å². The maximum absolute atomic E-state index is 12.4. The van der Waals surface area contributed by atoms with Gasteiger partial charge in [-0.15, -0.1) is 0 Å². The largest absolute Gasteiger partial charge is 0.507 e. The number of benzene rings is 1. The number of aromatic hydroxyl groups is 1. The molecule has 2 N–H and O–H groups in total. The standard InChI is InChI=1S/C19H31NO3/c1-18(2,3)14-11-13(17(22)20-9-8-10-23-7)12-15(16(14)21)19(4,5)6/h11-12,21H,8-10H2,1-7H3,(H,20,22). The van der Waals surface area contributed by atoms with Crippen molar-refractivity contribution in [3.8, 4) is 5.75 Å². The molecule has 0 aliphatic rings. The number of phenolic OH excluding ortho intramolecular Hbond substituents is 1. The van der Waals surface area contributed by atoms with Crippen molar-refractivity contribution < 1.29 is 14.6 Å².